The molecule has 0 atom stereocenters. The molecular formula is C12H13F3N6O. The topological polar surface area (TPSA) is 94.0 Å². The summed E-state index contributed by atoms with van der Waals surface area (Å²) in [4.78, 5) is 13.6. The van der Waals surface area contributed by atoms with Crippen LogP contribution < -0.4 is 10.6 Å². The predicted octanol–water partition coefficient (Wildman–Crippen LogP) is 1.47. The fourth-order valence-electron chi connectivity index (χ4n) is 2.16. The molecule has 0 radical (unpaired) electrons. The maximum atomic E-state index is 12.4. The van der Waals surface area contributed by atoms with Gasteiger partial charge in [0, 0.05) is 31.5 Å². The molecule has 2 N–H and O–H groups in total. The van der Waals surface area contributed by atoms with Crippen LogP contribution in [0.1, 0.15) is 18.7 Å². The Balaban J connectivity index is 1.75. The van der Waals surface area contributed by atoms with Gasteiger partial charge in [-0.2, -0.15) is 18.2 Å². The standard InChI is InChI=1S/C12H13F3N6O/c13-12(14,15)10-19-9(20-22-10)7-5-17-11(18-6-7)21-3-1-8(16)2-4-21/h5-6,8H,1-4,16H2. The fraction of sp³-hybridized carbons (Fsp3) is 0.500. The number of hydrogen-bond acceptors (Lipinski definition) is 7. The second-order valence-corrected chi connectivity index (χ2v) is 5.02. The Hall–Kier alpha value is -2.23. The zero-order valence-electron chi connectivity index (χ0n) is 11.4. The normalized spacial score (nSPS) is 17.0. The van der Waals surface area contributed by atoms with E-state index in [1.54, 1.807) is 0 Å². The van der Waals surface area contributed by atoms with Gasteiger partial charge >= 0.3 is 12.1 Å². The molecule has 0 bridgehead atoms. The van der Waals surface area contributed by atoms with Gasteiger partial charge in [0.25, 0.3) is 0 Å². The van der Waals surface area contributed by atoms with Crippen molar-refractivity contribution in [2.24, 2.45) is 5.73 Å². The van der Waals surface area contributed by atoms with Crippen LogP contribution in [0.2, 0.25) is 0 Å². The second-order valence-electron chi connectivity index (χ2n) is 5.02. The van der Waals surface area contributed by atoms with Gasteiger partial charge in [-0.05, 0) is 12.8 Å². The Morgan fingerprint density at radius 1 is 1.18 bits per heavy atom. The van der Waals surface area contributed by atoms with Gasteiger partial charge in [-0.1, -0.05) is 5.16 Å². The van der Waals surface area contributed by atoms with E-state index < -0.39 is 12.1 Å². The number of halogens is 3. The smallest absolute Gasteiger partial charge is 0.341 e. The van der Waals surface area contributed by atoms with Crippen molar-refractivity contribution in [1.82, 2.24) is 20.1 Å². The van der Waals surface area contributed by atoms with Crippen molar-refractivity contribution >= 4 is 5.95 Å². The molecule has 1 saturated heterocycles. The quantitative estimate of drug-likeness (QED) is 0.897. The molecule has 1 aliphatic heterocycles. The Kier molecular flexibility index (Phi) is 3.69. The molecule has 0 saturated carbocycles. The van der Waals surface area contributed by atoms with E-state index in [0.717, 1.165) is 25.9 Å². The van der Waals surface area contributed by atoms with Crippen molar-refractivity contribution in [3.63, 3.8) is 0 Å². The van der Waals surface area contributed by atoms with E-state index in [0.29, 0.717) is 5.95 Å². The summed E-state index contributed by atoms with van der Waals surface area (Å²) in [6, 6.07) is 0.190. The molecule has 3 rings (SSSR count). The number of anilines is 1. The number of rotatable bonds is 2. The minimum atomic E-state index is -4.67. The third-order valence-corrected chi connectivity index (χ3v) is 3.39. The lowest BCUT2D eigenvalue weighted by molar-refractivity contribution is -0.159. The number of hydrogen-bond donors (Lipinski definition) is 1. The highest BCUT2D eigenvalue weighted by Crippen LogP contribution is 2.29. The van der Waals surface area contributed by atoms with Crippen LogP contribution in [0, 0.1) is 0 Å². The van der Waals surface area contributed by atoms with Crippen LogP contribution in [-0.4, -0.2) is 39.2 Å². The van der Waals surface area contributed by atoms with Crippen LogP contribution in [0.3, 0.4) is 0 Å². The fourth-order valence-corrected chi connectivity index (χ4v) is 2.16. The molecule has 0 unspecified atom stereocenters. The first-order valence-electron chi connectivity index (χ1n) is 6.67. The van der Waals surface area contributed by atoms with Gasteiger partial charge in [0.1, 0.15) is 0 Å². The third-order valence-electron chi connectivity index (χ3n) is 3.39. The highest BCUT2D eigenvalue weighted by Gasteiger charge is 2.38. The maximum Gasteiger partial charge on any atom is 0.471 e. The Bertz CT molecular complexity index is 633. The molecule has 22 heavy (non-hydrogen) atoms. The first-order chi connectivity index (χ1) is 10.4. The van der Waals surface area contributed by atoms with Crippen molar-refractivity contribution < 1.29 is 17.7 Å². The zero-order chi connectivity index (χ0) is 15.7. The average Bonchev–Trinajstić information content (AvgIpc) is 2.98. The first-order valence-corrected chi connectivity index (χ1v) is 6.67. The van der Waals surface area contributed by atoms with E-state index in [-0.39, 0.29) is 17.4 Å². The minimum Gasteiger partial charge on any atom is -0.341 e. The van der Waals surface area contributed by atoms with Crippen molar-refractivity contribution in [3.05, 3.63) is 18.3 Å². The molecule has 1 fully saturated rings. The van der Waals surface area contributed by atoms with Gasteiger partial charge in [-0.25, -0.2) is 9.97 Å². The maximum absolute atomic E-state index is 12.4. The minimum absolute atomic E-state index is 0.190. The molecule has 10 heteroatoms. The van der Waals surface area contributed by atoms with Crippen molar-refractivity contribution in [3.8, 4) is 11.4 Å². The van der Waals surface area contributed by atoms with Crippen LogP contribution in [0.4, 0.5) is 19.1 Å². The van der Waals surface area contributed by atoms with Gasteiger partial charge in [0.15, 0.2) is 0 Å². The van der Waals surface area contributed by atoms with Gasteiger partial charge < -0.3 is 15.2 Å². The summed E-state index contributed by atoms with van der Waals surface area (Å²) in [5, 5.41) is 3.29. The molecule has 0 aromatic carbocycles. The predicted molar refractivity (Wildman–Crippen MR) is 69.7 cm³/mol. The Labute approximate surface area is 123 Å². The van der Waals surface area contributed by atoms with E-state index in [4.69, 9.17) is 5.73 Å². The lowest BCUT2D eigenvalue weighted by Crippen LogP contribution is -2.40. The van der Waals surface area contributed by atoms with Crippen LogP contribution in [0.15, 0.2) is 16.9 Å². The average molecular weight is 314 g/mol. The Morgan fingerprint density at radius 3 is 2.36 bits per heavy atom. The Morgan fingerprint density at radius 2 is 1.82 bits per heavy atom. The summed E-state index contributed by atoms with van der Waals surface area (Å²) in [7, 11) is 0. The van der Waals surface area contributed by atoms with Gasteiger partial charge in [0.05, 0.1) is 5.56 Å². The number of aromatic nitrogens is 4. The SMILES string of the molecule is NC1CCN(c2ncc(-c3noc(C(F)(F)F)n3)cn2)CC1. The highest BCUT2D eigenvalue weighted by molar-refractivity contribution is 5.52. The number of nitrogens with zero attached hydrogens (tertiary/aromatic N) is 5. The van der Waals surface area contributed by atoms with E-state index in [2.05, 4.69) is 24.6 Å². The molecule has 2 aromatic rings. The number of piperidine rings is 1. The highest BCUT2D eigenvalue weighted by atomic mass is 19.4. The van der Waals surface area contributed by atoms with Gasteiger partial charge in [-0.3, -0.25) is 0 Å². The molecule has 118 valence electrons. The van der Waals surface area contributed by atoms with Gasteiger partial charge in [0.2, 0.25) is 11.8 Å². The molecule has 0 aliphatic carbocycles. The zero-order valence-corrected chi connectivity index (χ0v) is 11.4. The second kappa shape index (κ2) is 5.52. The van der Waals surface area contributed by atoms with E-state index in [9.17, 15) is 13.2 Å². The summed E-state index contributed by atoms with van der Waals surface area (Å²) >= 11 is 0. The van der Waals surface area contributed by atoms with Crippen LogP contribution >= 0.6 is 0 Å². The summed E-state index contributed by atoms with van der Waals surface area (Å²) in [6.07, 6.45) is -0.210. The lowest BCUT2D eigenvalue weighted by atomic mass is 10.1. The van der Waals surface area contributed by atoms with E-state index in [1.807, 2.05) is 4.90 Å². The number of nitrogens with two attached hydrogens (primary N) is 1. The molecule has 2 aromatic heterocycles. The van der Waals surface area contributed by atoms with Crippen molar-refractivity contribution in [1.29, 1.82) is 0 Å². The largest absolute Gasteiger partial charge is 0.471 e. The van der Waals surface area contributed by atoms with Crippen LogP contribution in [-0.2, 0) is 6.18 Å². The molecule has 0 spiro atoms. The molecule has 0 amide bonds. The van der Waals surface area contributed by atoms with Crippen molar-refractivity contribution in [2.75, 3.05) is 18.0 Å². The summed E-state index contributed by atoms with van der Waals surface area (Å²) in [6.45, 7) is 1.50. The van der Waals surface area contributed by atoms with E-state index >= 15 is 0 Å². The monoisotopic (exact) mass is 314 g/mol. The van der Waals surface area contributed by atoms with Crippen LogP contribution in [0.5, 0.6) is 0 Å². The van der Waals surface area contributed by atoms with Crippen LogP contribution in [0.25, 0.3) is 11.4 Å². The summed E-state index contributed by atoms with van der Waals surface area (Å²) < 4.78 is 41.4. The molecular weight excluding hydrogens is 301 g/mol. The number of alkyl halides is 3. The van der Waals surface area contributed by atoms with E-state index in [1.165, 1.54) is 12.4 Å². The molecule has 1 aliphatic rings. The molecule has 7 nitrogen and oxygen atoms in total. The summed E-state index contributed by atoms with van der Waals surface area (Å²) in [5.41, 5.74) is 6.09. The summed E-state index contributed by atoms with van der Waals surface area (Å²) in [5.74, 6) is -1.08. The third kappa shape index (κ3) is 3.01. The molecule has 3 heterocycles. The van der Waals surface area contributed by atoms with Crippen molar-refractivity contribution in [2.45, 2.75) is 25.1 Å². The first kappa shape index (κ1) is 14.7. The van der Waals surface area contributed by atoms with Gasteiger partial charge in [-0.15, -0.1) is 0 Å². The lowest BCUT2D eigenvalue weighted by Gasteiger charge is -2.29.